The first-order chi connectivity index (χ1) is 19.6. The predicted octanol–water partition coefficient (Wildman–Crippen LogP) is 1.48. The second kappa shape index (κ2) is 11.0. The molecule has 0 radical (unpaired) electrons. The van der Waals surface area contributed by atoms with Gasteiger partial charge in [-0.3, -0.25) is 19.6 Å². The van der Waals surface area contributed by atoms with Crippen LogP contribution in [0.2, 0.25) is 0 Å². The number of urea groups is 1. The standard InChI is InChI=1S/C28H37F3N8O3/c1-16(38-14-19-20(15-38)23(19)32)12-17-4-5-18(13-21(17)28(29,30)31)39-7-6-22(35-26(39)42)34-25(41)37-10-8-36(9-11-37)24(40)27(2,3)33/h4-7,13,16,19-20,23H,8-12,14-15,32-33H2,1-3H3,(H,34,35,41,42)/t16?,19-,20+,23+. The van der Waals surface area contributed by atoms with Crippen LogP contribution < -0.4 is 22.5 Å². The number of nitrogens with zero attached hydrogens (tertiary/aromatic N) is 5. The third kappa shape index (κ3) is 6.15. The number of nitrogens with two attached hydrogens (primary N) is 2. The van der Waals surface area contributed by atoms with Crippen molar-refractivity contribution in [1.29, 1.82) is 0 Å². The Bertz CT molecular complexity index is 1400. The van der Waals surface area contributed by atoms with Gasteiger partial charge in [0.15, 0.2) is 0 Å². The minimum atomic E-state index is -4.61. The Hall–Kier alpha value is -3.49. The number of halogens is 3. The Morgan fingerprint density at radius 3 is 2.26 bits per heavy atom. The molecule has 228 valence electrons. The second-order valence-corrected chi connectivity index (χ2v) is 12.1. The fourth-order valence-electron chi connectivity index (χ4n) is 5.95. The van der Waals surface area contributed by atoms with E-state index >= 15 is 0 Å². The molecule has 0 bridgehead atoms. The normalized spacial score (nSPS) is 23.5. The lowest BCUT2D eigenvalue weighted by Gasteiger charge is -2.37. The van der Waals surface area contributed by atoms with Crippen molar-refractivity contribution in [2.45, 2.75) is 51.0 Å². The summed E-state index contributed by atoms with van der Waals surface area (Å²) >= 11 is 0. The van der Waals surface area contributed by atoms with Gasteiger partial charge in [-0.15, -0.1) is 0 Å². The first kappa shape index (κ1) is 30.0. The highest BCUT2D eigenvalue weighted by Gasteiger charge is 2.54. The number of piperazine rings is 1. The van der Waals surface area contributed by atoms with Crippen molar-refractivity contribution in [3.63, 3.8) is 0 Å². The fourth-order valence-corrected chi connectivity index (χ4v) is 5.95. The summed E-state index contributed by atoms with van der Waals surface area (Å²) in [4.78, 5) is 47.0. The van der Waals surface area contributed by atoms with Crippen molar-refractivity contribution in [1.82, 2.24) is 24.3 Å². The molecule has 3 fully saturated rings. The highest BCUT2D eigenvalue weighted by molar-refractivity contribution is 5.89. The molecule has 1 aromatic carbocycles. The maximum Gasteiger partial charge on any atom is 0.416 e. The molecule has 0 spiro atoms. The number of anilines is 1. The third-order valence-electron chi connectivity index (χ3n) is 8.55. The lowest BCUT2D eigenvalue weighted by atomic mass is 9.98. The van der Waals surface area contributed by atoms with Crippen molar-refractivity contribution in [2.75, 3.05) is 44.6 Å². The van der Waals surface area contributed by atoms with E-state index in [9.17, 15) is 27.6 Å². The van der Waals surface area contributed by atoms with Crippen LogP contribution in [0.4, 0.5) is 23.8 Å². The number of carbonyl (C=O) groups excluding carboxylic acids is 2. The Balaban J connectivity index is 1.25. The van der Waals surface area contributed by atoms with E-state index in [1.165, 1.54) is 29.3 Å². The van der Waals surface area contributed by atoms with E-state index < -0.39 is 29.0 Å². The van der Waals surface area contributed by atoms with Gasteiger partial charge in [0.1, 0.15) is 5.82 Å². The van der Waals surface area contributed by atoms with Crippen molar-refractivity contribution in [2.24, 2.45) is 23.3 Å². The van der Waals surface area contributed by atoms with Gasteiger partial charge in [0.2, 0.25) is 5.91 Å². The van der Waals surface area contributed by atoms with Crippen LogP contribution >= 0.6 is 0 Å². The van der Waals surface area contributed by atoms with Crippen LogP contribution in [0, 0.1) is 11.8 Å². The molecule has 14 heteroatoms. The summed E-state index contributed by atoms with van der Waals surface area (Å²) in [5.41, 5.74) is 9.40. The molecule has 5 rings (SSSR count). The Morgan fingerprint density at radius 1 is 1.07 bits per heavy atom. The third-order valence-corrected chi connectivity index (χ3v) is 8.55. The van der Waals surface area contributed by atoms with Crippen LogP contribution in [-0.2, 0) is 17.4 Å². The molecule has 1 aliphatic carbocycles. The molecular weight excluding hydrogens is 553 g/mol. The minimum Gasteiger partial charge on any atom is -0.338 e. The Kier molecular flexibility index (Phi) is 7.83. The summed E-state index contributed by atoms with van der Waals surface area (Å²) in [6.45, 7) is 7.93. The SMILES string of the molecule is CC(Cc1ccc(-n2ccc(NC(=O)N3CCN(C(=O)C(C)(C)N)CC3)nc2=O)cc1C(F)(F)F)N1C[C@@H]2[C@@H](N)[C@@H]2C1. The number of alkyl halides is 3. The van der Waals surface area contributed by atoms with Crippen molar-refractivity contribution >= 4 is 17.8 Å². The number of hydrogen-bond acceptors (Lipinski definition) is 7. The molecular formula is C28H37F3N8O3. The van der Waals surface area contributed by atoms with Gasteiger partial charge in [-0.1, -0.05) is 6.07 Å². The van der Waals surface area contributed by atoms with Gasteiger partial charge >= 0.3 is 17.9 Å². The van der Waals surface area contributed by atoms with Gasteiger partial charge < -0.3 is 21.3 Å². The first-order valence-electron chi connectivity index (χ1n) is 14.1. The molecule has 3 amide bonds. The van der Waals surface area contributed by atoms with E-state index in [4.69, 9.17) is 11.5 Å². The van der Waals surface area contributed by atoms with E-state index in [0.29, 0.717) is 24.9 Å². The van der Waals surface area contributed by atoms with Crippen molar-refractivity contribution < 1.29 is 22.8 Å². The summed E-state index contributed by atoms with van der Waals surface area (Å²) in [7, 11) is 0. The number of carbonyl (C=O) groups is 2. The summed E-state index contributed by atoms with van der Waals surface area (Å²) in [5, 5.41) is 2.55. The van der Waals surface area contributed by atoms with E-state index in [-0.39, 0.29) is 54.6 Å². The number of fused-ring (bicyclic) bond motifs is 1. The molecule has 11 nitrogen and oxygen atoms in total. The van der Waals surface area contributed by atoms with Crippen LogP contribution in [0.1, 0.15) is 31.9 Å². The van der Waals surface area contributed by atoms with Gasteiger partial charge in [-0.25, -0.2) is 9.59 Å². The van der Waals surface area contributed by atoms with Gasteiger partial charge in [-0.05, 0) is 62.8 Å². The van der Waals surface area contributed by atoms with Crippen LogP contribution in [0.25, 0.3) is 5.69 Å². The molecule has 3 aliphatic rings. The number of hydrogen-bond donors (Lipinski definition) is 3. The lowest BCUT2D eigenvalue weighted by Crippen LogP contribution is -2.58. The van der Waals surface area contributed by atoms with Crippen LogP contribution in [0.5, 0.6) is 0 Å². The predicted molar refractivity (Wildman–Crippen MR) is 150 cm³/mol. The number of aromatic nitrogens is 2. The second-order valence-electron chi connectivity index (χ2n) is 12.1. The van der Waals surface area contributed by atoms with Gasteiger partial charge in [0.05, 0.1) is 16.8 Å². The molecule has 1 unspecified atom stereocenters. The monoisotopic (exact) mass is 590 g/mol. The number of nitrogens with one attached hydrogen (secondary N) is 1. The van der Waals surface area contributed by atoms with Gasteiger partial charge in [0, 0.05) is 57.5 Å². The molecule has 1 aromatic heterocycles. The zero-order valence-corrected chi connectivity index (χ0v) is 23.9. The molecule has 2 aromatic rings. The maximum absolute atomic E-state index is 14.1. The quantitative estimate of drug-likeness (QED) is 0.463. The van der Waals surface area contributed by atoms with Gasteiger partial charge in [-0.2, -0.15) is 18.2 Å². The molecule has 5 N–H and O–H groups in total. The van der Waals surface area contributed by atoms with Crippen LogP contribution in [0.15, 0.2) is 35.3 Å². The molecule has 4 atom stereocenters. The minimum absolute atomic E-state index is 0.0195. The van der Waals surface area contributed by atoms with Gasteiger partial charge in [0.25, 0.3) is 0 Å². The molecule has 2 saturated heterocycles. The zero-order valence-electron chi connectivity index (χ0n) is 23.9. The molecule has 2 aliphatic heterocycles. The summed E-state index contributed by atoms with van der Waals surface area (Å²) in [6, 6.07) is 4.82. The number of piperidine rings is 1. The number of amides is 3. The van der Waals surface area contributed by atoms with E-state index in [0.717, 1.165) is 23.7 Å². The molecule has 42 heavy (non-hydrogen) atoms. The summed E-state index contributed by atoms with van der Waals surface area (Å²) in [5.74, 6) is 0.632. The smallest absolute Gasteiger partial charge is 0.338 e. The van der Waals surface area contributed by atoms with Crippen molar-refractivity contribution in [3.05, 3.63) is 52.1 Å². The van der Waals surface area contributed by atoms with Crippen molar-refractivity contribution in [3.8, 4) is 5.69 Å². The lowest BCUT2D eigenvalue weighted by molar-refractivity contribution is -0.138. The van der Waals surface area contributed by atoms with E-state index in [1.807, 2.05) is 6.92 Å². The van der Waals surface area contributed by atoms with Crippen LogP contribution in [0.3, 0.4) is 0 Å². The number of likely N-dealkylation sites (tertiary alicyclic amines) is 1. The summed E-state index contributed by atoms with van der Waals surface area (Å²) in [6.07, 6.45) is -3.11. The molecule has 3 heterocycles. The Labute approximate surface area is 241 Å². The number of benzene rings is 1. The molecule has 1 saturated carbocycles. The Morgan fingerprint density at radius 2 is 1.69 bits per heavy atom. The summed E-state index contributed by atoms with van der Waals surface area (Å²) < 4.78 is 43.3. The topological polar surface area (TPSA) is 143 Å². The zero-order chi connectivity index (χ0) is 30.6. The van der Waals surface area contributed by atoms with Crippen LogP contribution in [-0.4, -0.2) is 93.1 Å². The average molecular weight is 591 g/mol. The first-order valence-corrected chi connectivity index (χ1v) is 14.1. The number of rotatable bonds is 6. The van der Waals surface area contributed by atoms with E-state index in [2.05, 4.69) is 15.2 Å². The maximum atomic E-state index is 14.1. The van der Waals surface area contributed by atoms with E-state index in [1.54, 1.807) is 18.7 Å². The highest BCUT2D eigenvalue weighted by Crippen LogP contribution is 2.45. The highest BCUT2D eigenvalue weighted by atomic mass is 19.4. The fraction of sp³-hybridized carbons (Fsp3) is 0.571. The largest absolute Gasteiger partial charge is 0.416 e. The average Bonchev–Trinajstić information content (AvgIpc) is 3.30.